The molecule has 168 valence electrons. The average Bonchev–Trinajstić information content (AvgIpc) is 2.83. The van der Waals surface area contributed by atoms with E-state index in [0.717, 1.165) is 34.9 Å². The maximum absolute atomic E-state index is 12.3. The number of benzene rings is 3. The normalized spacial score (nSPS) is 10.4. The Morgan fingerprint density at radius 1 is 0.781 bits per heavy atom. The highest BCUT2D eigenvalue weighted by molar-refractivity contribution is 5.93. The van der Waals surface area contributed by atoms with Gasteiger partial charge in [-0.1, -0.05) is 62.6 Å². The number of carbonyl (C=O) groups excluding carboxylic acids is 1. The minimum absolute atomic E-state index is 0.116. The highest BCUT2D eigenvalue weighted by Crippen LogP contribution is 2.19. The van der Waals surface area contributed by atoms with E-state index in [4.69, 9.17) is 9.47 Å². The summed E-state index contributed by atoms with van der Waals surface area (Å²) in [6.07, 6.45) is 4.67. The van der Waals surface area contributed by atoms with Gasteiger partial charge < -0.3 is 20.1 Å². The van der Waals surface area contributed by atoms with Crippen LogP contribution in [0, 0.1) is 0 Å². The summed E-state index contributed by atoms with van der Waals surface area (Å²) in [5.74, 6) is 1.45. The van der Waals surface area contributed by atoms with Crippen molar-refractivity contribution in [3.05, 3.63) is 84.4 Å². The Kier molecular flexibility index (Phi) is 9.46. The molecule has 0 aliphatic rings. The molecule has 0 saturated carbocycles. The number of rotatable bonds is 13. The molecule has 1 amide bonds. The Labute approximate surface area is 190 Å². The van der Waals surface area contributed by atoms with Gasteiger partial charge in [-0.15, -0.1) is 0 Å². The van der Waals surface area contributed by atoms with Crippen molar-refractivity contribution in [2.45, 2.75) is 39.2 Å². The Hall–Kier alpha value is -3.47. The molecule has 3 aromatic rings. The molecule has 5 nitrogen and oxygen atoms in total. The molecule has 3 aromatic carbocycles. The maximum Gasteiger partial charge on any atom is 0.243 e. The summed E-state index contributed by atoms with van der Waals surface area (Å²) in [5.41, 5.74) is 2.71. The molecule has 0 bridgehead atoms. The quantitative estimate of drug-likeness (QED) is 0.312. The first kappa shape index (κ1) is 23.2. The van der Waals surface area contributed by atoms with Gasteiger partial charge in [0.2, 0.25) is 5.91 Å². The lowest BCUT2D eigenvalue weighted by atomic mass is 10.2. The minimum Gasteiger partial charge on any atom is -0.494 e. The second-order valence-electron chi connectivity index (χ2n) is 7.64. The van der Waals surface area contributed by atoms with E-state index in [2.05, 4.69) is 17.6 Å². The molecule has 0 radical (unpaired) electrons. The molecule has 0 spiro atoms. The number of hydrogen-bond acceptors (Lipinski definition) is 4. The molecule has 0 aliphatic heterocycles. The van der Waals surface area contributed by atoms with Crippen molar-refractivity contribution >= 4 is 17.3 Å². The molecule has 0 saturated heterocycles. The first-order valence-electron chi connectivity index (χ1n) is 11.3. The summed E-state index contributed by atoms with van der Waals surface area (Å²) in [5, 5.41) is 6.04. The predicted molar refractivity (Wildman–Crippen MR) is 130 cm³/mol. The van der Waals surface area contributed by atoms with Gasteiger partial charge >= 0.3 is 0 Å². The van der Waals surface area contributed by atoms with Gasteiger partial charge in [-0.3, -0.25) is 4.79 Å². The Morgan fingerprint density at radius 2 is 1.59 bits per heavy atom. The van der Waals surface area contributed by atoms with Crippen LogP contribution in [0.4, 0.5) is 11.4 Å². The van der Waals surface area contributed by atoms with Crippen molar-refractivity contribution in [2.24, 2.45) is 0 Å². The summed E-state index contributed by atoms with van der Waals surface area (Å²) in [7, 11) is 0. The molecule has 0 fully saturated rings. The van der Waals surface area contributed by atoms with E-state index in [1.807, 2.05) is 78.9 Å². The number of unbranched alkanes of at least 4 members (excludes halogenated alkanes) is 3. The van der Waals surface area contributed by atoms with E-state index in [9.17, 15) is 4.79 Å². The molecule has 0 aromatic heterocycles. The highest BCUT2D eigenvalue weighted by atomic mass is 16.5. The van der Waals surface area contributed by atoms with E-state index in [1.54, 1.807) is 0 Å². The summed E-state index contributed by atoms with van der Waals surface area (Å²) in [6.45, 7) is 3.59. The topological polar surface area (TPSA) is 59.6 Å². The van der Waals surface area contributed by atoms with Crippen LogP contribution in [-0.2, 0) is 11.4 Å². The van der Waals surface area contributed by atoms with Crippen molar-refractivity contribution in [1.29, 1.82) is 0 Å². The van der Waals surface area contributed by atoms with E-state index in [-0.39, 0.29) is 12.5 Å². The van der Waals surface area contributed by atoms with Gasteiger partial charge in [-0.2, -0.15) is 0 Å². The number of carbonyl (C=O) groups is 1. The van der Waals surface area contributed by atoms with Crippen molar-refractivity contribution < 1.29 is 14.3 Å². The lowest BCUT2D eigenvalue weighted by molar-refractivity contribution is -0.114. The molecule has 2 N–H and O–H groups in total. The third-order valence-electron chi connectivity index (χ3n) is 4.94. The molecule has 5 heteroatoms. The monoisotopic (exact) mass is 432 g/mol. The fourth-order valence-corrected chi connectivity index (χ4v) is 3.18. The van der Waals surface area contributed by atoms with Crippen LogP contribution in [0.15, 0.2) is 78.9 Å². The maximum atomic E-state index is 12.3. The van der Waals surface area contributed by atoms with Crippen LogP contribution in [-0.4, -0.2) is 19.1 Å². The fourth-order valence-electron chi connectivity index (χ4n) is 3.18. The third kappa shape index (κ3) is 8.34. The van der Waals surface area contributed by atoms with Gasteiger partial charge in [0.1, 0.15) is 18.1 Å². The van der Waals surface area contributed by atoms with E-state index < -0.39 is 0 Å². The first-order valence-corrected chi connectivity index (χ1v) is 11.3. The summed E-state index contributed by atoms with van der Waals surface area (Å²) in [6, 6.07) is 25.2. The molecule has 0 heterocycles. The number of nitrogens with one attached hydrogen (secondary N) is 2. The Bertz CT molecular complexity index is 943. The Morgan fingerprint density at radius 3 is 2.38 bits per heavy atom. The summed E-state index contributed by atoms with van der Waals surface area (Å²) in [4.78, 5) is 12.3. The van der Waals surface area contributed by atoms with Crippen molar-refractivity contribution in [3.63, 3.8) is 0 Å². The van der Waals surface area contributed by atoms with Crippen LogP contribution < -0.4 is 20.1 Å². The van der Waals surface area contributed by atoms with Crippen LogP contribution in [0.25, 0.3) is 0 Å². The van der Waals surface area contributed by atoms with Crippen LogP contribution in [0.5, 0.6) is 11.5 Å². The lowest BCUT2D eigenvalue weighted by Crippen LogP contribution is -2.21. The van der Waals surface area contributed by atoms with Crippen LogP contribution in [0.1, 0.15) is 38.2 Å². The van der Waals surface area contributed by atoms with E-state index in [1.165, 1.54) is 19.3 Å². The zero-order chi connectivity index (χ0) is 22.4. The Balaban J connectivity index is 1.39. The van der Waals surface area contributed by atoms with Gasteiger partial charge in [0.25, 0.3) is 0 Å². The van der Waals surface area contributed by atoms with E-state index >= 15 is 0 Å². The van der Waals surface area contributed by atoms with Gasteiger partial charge in [0.05, 0.1) is 13.2 Å². The number of amides is 1. The number of anilines is 2. The third-order valence-corrected chi connectivity index (χ3v) is 4.94. The van der Waals surface area contributed by atoms with Crippen LogP contribution >= 0.6 is 0 Å². The van der Waals surface area contributed by atoms with Gasteiger partial charge in [-0.05, 0) is 48.4 Å². The van der Waals surface area contributed by atoms with Crippen LogP contribution in [0.3, 0.4) is 0 Å². The molecule has 3 rings (SSSR count). The van der Waals surface area contributed by atoms with Crippen molar-refractivity contribution in [2.75, 3.05) is 23.8 Å². The summed E-state index contributed by atoms with van der Waals surface area (Å²) >= 11 is 0. The number of hydrogen-bond donors (Lipinski definition) is 2. The highest BCUT2D eigenvalue weighted by Gasteiger charge is 2.04. The second-order valence-corrected chi connectivity index (χ2v) is 7.64. The average molecular weight is 433 g/mol. The second kappa shape index (κ2) is 13.1. The van der Waals surface area contributed by atoms with Crippen molar-refractivity contribution in [1.82, 2.24) is 0 Å². The zero-order valence-electron chi connectivity index (χ0n) is 18.7. The van der Waals surface area contributed by atoms with E-state index in [0.29, 0.717) is 13.2 Å². The standard InChI is InChI=1S/C27H32N2O3/c1-2-3-4-8-18-31-26-13-9-12-24(19-26)29-27(30)20-28-23-14-16-25(17-15-23)32-21-22-10-6-5-7-11-22/h5-7,9-17,19,28H,2-4,8,18,20-21H2,1H3,(H,29,30). The van der Waals surface area contributed by atoms with Crippen LogP contribution in [0.2, 0.25) is 0 Å². The molecule has 0 atom stereocenters. The van der Waals surface area contributed by atoms with Crippen molar-refractivity contribution in [3.8, 4) is 11.5 Å². The van der Waals surface area contributed by atoms with Gasteiger partial charge in [0, 0.05) is 17.4 Å². The predicted octanol–water partition coefficient (Wildman–Crippen LogP) is 6.28. The zero-order valence-corrected chi connectivity index (χ0v) is 18.7. The first-order chi connectivity index (χ1) is 15.7. The molecular weight excluding hydrogens is 400 g/mol. The fraction of sp³-hybridized carbons (Fsp3) is 0.296. The summed E-state index contributed by atoms with van der Waals surface area (Å²) < 4.78 is 11.6. The molecule has 32 heavy (non-hydrogen) atoms. The SMILES string of the molecule is CCCCCCOc1cccc(NC(=O)CNc2ccc(OCc3ccccc3)cc2)c1. The largest absolute Gasteiger partial charge is 0.494 e. The molecular formula is C27H32N2O3. The van der Waals surface area contributed by atoms with Gasteiger partial charge in [0.15, 0.2) is 0 Å². The molecule has 0 unspecified atom stereocenters. The lowest BCUT2D eigenvalue weighted by Gasteiger charge is -2.11. The minimum atomic E-state index is -0.116. The number of ether oxygens (including phenoxy) is 2. The van der Waals surface area contributed by atoms with Gasteiger partial charge in [-0.25, -0.2) is 0 Å². The smallest absolute Gasteiger partial charge is 0.243 e. The molecule has 0 aliphatic carbocycles.